The molecular weight excluding hydrogens is 386 g/mol. The smallest absolute Gasteiger partial charge is 0.233 e. The fraction of sp³-hybridized carbons (Fsp3) is 0.571. The highest BCUT2D eigenvalue weighted by atomic mass is 32.2. The molecule has 29 heavy (non-hydrogen) atoms. The summed E-state index contributed by atoms with van der Waals surface area (Å²) in [4.78, 5) is 14.4. The van der Waals surface area contributed by atoms with Crippen molar-refractivity contribution in [1.82, 2.24) is 19.8 Å². The first-order valence-corrected chi connectivity index (χ1v) is 11.3. The molecule has 0 aliphatic carbocycles. The van der Waals surface area contributed by atoms with E-state index in [9.17, 15) is 4.79 Å². The Morgan fingerprint density at radius 3 is 2.62 bits per heavy atom. The van der Waals surface area contributed by atoms with Crippen molar-refractivity contribution in [2.24, 2.45) is 0 Å². The molecule has 7 nitrogen and oxygen atoms in total. The number of hydrogen-bond acceptors (Lipinski definition) is 6. The van der Waals surface area contributed by atoms with E-state index in [1.54, 1.807) is 0 Å². The summed E-state index contributed by atoms with van der Waals surface area (Å²) >= 11 is 1.33. The molecular formula is C21H31N5O2S. The molecule has 0 saturated carbocycles. The molecule has 1 aliphatic rings. The second kappa shape index (κ2) is 10.0. The molecule has 2 aromatic rings. The number of carbonyl (C=O) groups is 1. The fourth-order valence-corrected chi connectivity index (χ4v) is 4.21. The van der Waals surface area contributed by atoms with Crippen molar-refractivity contribution < 1.29 is 9.53 Å². The summed E-state index contributed by atoms with van der Waals surface area (Å²) in [5.74, 6) is 8.35. The lowest BCUT2D eigenvalue weighted by atomic mass is 10.0. The van der Waals surface area contributed by atoms with Gasteiger partial charge in [0.05, 0.1) is 5.75 Å². The van der Waals surface area contributed by atoms with E-state index in [-0.39, 0.29) is 12.5 Å². The Kier molecular flexibility index (Phi) is 7.41. The van der Waals surface area contributed by atoms with Crippen molar-refractivity contribution in [3.63, 3.8) is 0 Å². The van der Waals surface area contributed by atoms with Gasteiger partial charge in [-0.05, 0) is 42.9 Å². The van der Waals surface area contributed by atoms with Crippen LogP contribution in [0.3, 0.4) is 0 Å². The van der Waals surface area contributed by atoms with Crippen LogP contribution in [0.25, 0.3) is 0 Å². The molecule has 1 aliphatic heterocycles. The summed E-state index contributed by atoms with van der Waals surface area (Å²) in [6.45, 7) is 8.24. The van der Waals surface area contributed by atoms with E-state index in [1.807, 2.05) is 17.9 Å². The minimum Gasteiger partial charge on any atom is -0.485 e. The monoisotopic (exact) mass is 417 g/mol. The molecule has 2 heterocycles. The predicted molar refractivity (Wildman–Crippen MR) is 116 cm³/mol. The lowest BCUT2D eigenvalue weighted by Gasteiger charge is -2.19. The van der Waals surface area contributed by atoms with E-state index in [2.05, 4.69) is 36.2 Å². The molecule has 0 unspecified atom stereocenters. The summed E-state index contributed by atoms with van der Waals surface area (Å²) in [7, 11) is 0. The van der Waals surface area contributed by atoms with Crippen LogP contribution in [0.2, 0.25) is 0 Å². The maximum Gasteiger partial charge on any atom is 0.233 e. The third-order valence-electron chi connectivity index (χ3n) is 5.17. The number of amides is 1. The average molecular weight is 418 g/mol. The summed E-state index contributed by atoms with van der Waals surface area (Å²) in [6.07, 6.45) is 4.58. The first-order valence-electron chi connectivity index (χ1n) is 10.3. The van der Waals surface area contributed by atoms with Gasteiger partial charge in [0.25, 0.3) is 0 Å². The number of nitrogens with zero attached hydrogens (tertiary/aromatic N) is 4. The highest BCUT2D eigenvalue weighted by molar-refractivity contribution is 7.99. The maximum atomic E-state index is 12.5. The number of rotatable bonds is 7. The quantitative estimate of drug-likeness (QED) is 0.548. The van der Waals surface area contributed by atoms with E-state index < -0.39 is 0 Å². The number of likely N-dealkylation sites (tertiary alicyclic amines) is 1. The number of nitrogens with two attached hydrogens (primary N) is 1. The van der Waals surface area contributed by atoms with Crippen molar-refractivity contribution in [2.45, 2.75) is 64.1 Å². The largest absolute Gasteiger partial charge is 0.485 e. The SMILES string of the molecule is Cc1ccc(C(C)C)c(OCc2nnc(SCC(=O)N3CCCCCC3)n2N)c1. The number of benzene rings is 1. The van der Waals surface area contributed by atoms with Gasteiger partial charge in [0.1, 0.15) is 12.4 Å². The molecule has 1 aromatic carbocycles. The Bertz CT molecular complexity index is 828. The summed E-state index contributed by atoms with van der Waals surface area (Å²) in [5, 5.41) is 8.82. The highest BCUT2D eigenvalue weighted by Gasteiger charge is 2.18. The first-order chi connectivity index (χ1) is 14.0. The van der Waals surface area contributed by atoms with Crippen molar-refractivity contribution in [2.75, 3.05) is 24.7 Å². The third kappa shape index (κ3) is 5.65. The van der Waals surface area contributed by atoms with Gasteiger partial charge in [-0.15, -0.1) is 10.2 Å². The fourth-order valence-electron chi connectivity index (χ4n) is 3.43. The Morgan fingerprint density at radius 2 is 1.93 bits per heavy atom. The van der Waals surface area contributed by atoms with Crippen molar-refractivity contribution >= 4 is 17.7 Å². The Labute approximate surface area is 177 Å². The molecule has 1 amide bonds. The van der Waals surface area contributed by atoms with Crippen LogP contribution >= 0.6 is 11.8 Å². The Hall–Kier alpha value is -2.22. The van der Waals surface area contributed by atoms with Crippen molar-refractivity contribution in [3.8, 4) is 5.75 Å². The molecule has 1 saturated heterocycles. The van der Waals surface area contributed by atoms with E-state index in [0.29, 0.717) is 22.7 Å². The highest BCUT2D eigenvalue weighted by Crippen LogP contribution is 2.28. The summed E-state index contributed by atoms with van der Waals surface area (Å²) < 4.78 is 7.43. The van der Waals surface area contributed by atoms with E-state index in [1.165, 1.54) is 29.3 Å². The van der Waals surface area contributed by atoms with Gasteiger partial charge in [0.15, 0.2) is 5.82 Å². The molecule has 8 heteroatoms. The molecule has 0 radical (unpaired) electrons. The predicted octanol–water partition coefficient (Wildman–Crippen LogP) is 3.50. The van der Waals surface area contributed by atoms with Crippen LogP contribution < -0.4 is 10.6 Å². The number of carbonyl (C=O) groups excluding carboxylic acids is 1. The molecule has 2 N–H and O–H groups in total. The van der Waals surface area contributed by atoms with Gasteiger partial charge in [0.2, 0.25) is 11.1 Å². The van der Waals surface area contributed by atoms with Crippen molar-refractivity contribution in [1.29, 1.82) is 0 Å². The minimum absolute atomic E-state index is 0.138. The number of aromatic nitrogens is 3. The molecule has 0 atom stereocenters. The van der Waals surface area contributed by atoms with Crippen LogP contribution in [-0.2, 0) is 11.4 Å². The van der Waals surface area contributed by atoms with Crippen LogP contribution in [0.1, 0.15) is 62.4 Å². The third-order valence-corrected chi connectivity index (χ3v) is 6.09. The van der Waals surface area contributed by atoms with Gasteiger partial charge in [-0.2, -0.15) is 0 Å². The maximum absolute atomic E-state index is 12.5. The summed E-state index contributed by atoms with van der Waals surface area (Å²) in [6, 6.07) is 6.21. The standard InChI is InChI=1S/C21H31N5O2S/c1-15(2)17-9-8-16(3)12-18(17)28-13-19-23-24-21(26(19)22)29-14-20(27)25-10-6-4-5-7-11-25/h8-9,12,15H,4-7,10-11,13-14,22H2,1-3H3. The van der Waals surface area contributed by atoms with Gasteiger partial charge in [0, 0.05) is 13.1 Å². The van der Waals surface area contributed by atoms with Crippen LogP contribution in [-0.4, -0.2) is 44.5 Å². The molecule has 1 aromatic heterocycles. The molecule has 158 valence electrons. The van der Waals surface area contributed by atoms with Gasteiger partial charge in [-0.25, -0.2) is 4.68 Å². The molecule has 1 fully saturated rings. The lowest BCUT2D eigenvalue weighted by molar-refractivity contribution is -0.128. The van der Waals surface area contributed by atoms with Crippen LogP contribution in [0.4, 0.5) is 0 Å². The zero-order valence-electron chi connectivity index (χ0n) is 17.6. The van der Waals surface area contributed by atoms with E-state index in [0.717, 1.165) is 42.8 Å². The van der Waals surface area contributed by atoms with Crippen LogP contribution in [0.15, 0.2) is 23.4 Å². The first kappa shape index (κ1) is 21.5. The van der Waals surface area contributed by atoms with E-state index >= 15 is 0 Å². The zero-order valence-corrected chi connectivity index (χ0v) is 18.4. The Morgan fingerprint density at radius 1 is 1.21 bits per heavy atom. The molecule has 3 rings (SSSR count). The minimum atomic E-state index is 0.138. The second-order valence-electron chi connectivity index (χ2n) is 7.84. The molecule has 0 bridgehead atoms. The number of ether oxygens (including phenoxy) is 1. The van der Waals surface area contributed by atoms with Gasteiger partial charge < -0.3 is 15.5 Å². The normalized spacial score (nSPS) is 14.8. The van der Waals surface area contributed by atoms with Gasteiger partial charge in [-0.3, -0.25) is 4.79 Å². The second-order valence-corrected chi connectivity index (χ2v) is 8.78. The number of hydrogen-bond donors (Lipinski definition) is 1. The van der Waals surface area contributed by atoms with Gasteiger partial charge >= 0.3 is 0 Å². The zero-order chi connectivity index (χ0) is 20.8. The molecule has 0 spiro atoms. The van der Waals surface area contributed by atoms with E-state index in [4.69, 9.17) is 10.6 Å². The topological polar surface area (TPSA) is 86.3 Å². The lowest BCUT2D eigenvalue weighted by Crippen LogP contribution is -2.33. The van der Waals surface area contributed by atoms with Gasteiger partial charge in [-0.1, -0.05) is 50.6 Å². The number of nitrogen functional groups attached to an aromatic ring is 1. The van der Waals surface area contributed by atoms with Crippen molar-refractivity contribution in [3.05, 3.63) is 35.2 Å². The average Bonchev–Trinajstić information content (AvgIpc) is 2.88. The van der Waals surface area contributed by atoms with Crippen LogP contribution in [0.5, 0.6) is 5.75 Å². The Balaban J connectivity index is 1.58. The number of thioether (sulfide) groups is 1. The summed E-state index contributed by atoms with van der Waals surface area (Å²) in [5.41, 5.74) is 2.29. The van der Waals surface area contributed by atoms with Crippen LogP contribution in [0, 0.1) is 6.92 Å². The number of aryl methyl sites for hydroxylation is 1.